The van der Waals surface area contributed by atoms with Crippen molar-refractivity contribution in [3.8, 4) is 0 Å². The predicted octanol–water partition coefficient (Wildman–Crippen LogP) is 1.23. The van der Waals surface area contributed by atoms with E-state index in [1.54, 1.807) is 0 Å². The van der Waals surface area contributed by atoms with Crippen LogP contribution in [0.5, 0.6) is 0 Å². The molecule has 0 spiro atoms. The van der Waals surface area contributed by atoms with Gasteiger partial charge in [-0.1, -0.05) is 6.07 Å². The Kier molecular flexibility index (Phi) is 4.12. The molecule has 0 atom stereocenters. The van der Waals surface area contributed by atoms with E-state index >= 15 is 0 Å². The molecule has 1 aromatic rings. The zero-order valence-corrected chi connectivity index (χ0v) is 9.37. The van der Waals surface area contributed by atoms with Gasteiger partial charge >= 0.3 is 0 Å². The molecular formula is C11H17N3O. The largest absolute Gasteiger partial charge is 0.388 e. The van der Waals surface area contributed by atoms with E-state index < -0.39 is 0 Å². The molecule has 0 saturated heterocycles. The highest BCUT2D eigenvalue weighted by atomic mass is 16.2. The molecule has 15 heavy (non-hydrogen) atoms. The molecule has 1 amide bonds. The molecule has 2 N–H and O–H groups in total. The molecule has 1 aromatic carbocycles. The Morgan fingerprint density at radius 1 is 1.33 bits per heavy atom. The summed E-state index contributed by atoms with van der Waals surface area (Å²) in [6.07, 6.45) is 0. The van der Waals surface area contributed by atoms with Gasteiger partial charge in [-0.3, -0.25) is 4.79 Å². The molecule has 0 heterocycles. The Balaban J connectivity index is 2.60. The molecule has 82 valence electrons. The smallest absolute Gasteiger partial charge is 0.238 e. The van der Waals surface area contributed by atoms with Gasteiger partial charge in [-0.2, -0.15) is 0 Å². The summed E-state index contributed by atoms with van der Waals surface area (Å²) in [7, 11) is 5.58. The highest BCUT2D eigenvalue weighted by molar-refractivity contribution is 5.92. The highest BCUT2D eigenvalue weighted by Gasteiger charge is 2.03. The van der Waals surface area contributed by atoms with Gasteiger partial charge in [-0.15, -0.1) is 0 Å². The number of anilines is 2. The molecule has 0 saturated carbocycles. The molecule has 1 rings (SSSR count). The molecule has 4 nitrogen and oxygen atoms in total. The number of amides is 1. The first kappa shape index (κ1) is 11.5. The molecule has 0 aliphatic carbocycles. The molecule has 0 unspecified atom stereocenters. The standard InChI is InChI=1S/C11H17N3O/c1-12-9-5-4-6-10(7-9)13-11(15)8-14(2)3/h4-7,12H,8H2,1-3H3,(H,13,15). The SMILES string of the molecule is CNc1cccc(NC(=O)CN(C)C)c1. The molecule has 0 bridgehead atoms. The molecule has 0 aliphatic rings. The van der Waals surface area contributed by atoms with Crippen molar-refractivity contribution < 1.29 is 4.79 Å². The molecule has 0 aliphatic heterocycles. The van der Waals surface area contributed by atoms with Gasteiger partial charge in [-0.25, -0.2) is 0 Å². The summed E-state index contributed by atoms with van der Waals surface area (Å²) >= 11 is 0. The van der Waals surface area contributed by atoms with Gasteiger partial charge < -0.3 is 15.5 Å². The van der Waals surface area contributed by atoms with Crippen LogP contribution in [0.3, 0.4) is 0 Å². The number of nitrogens with zero attached hydrogens (tertiary/aromatic N) is 1. The van der Waals surface area contributed by atoms with Crippen molar-refractivity contribution in [2.24, 2.45) is 0 Å². The average molecular weight is 207 g/mol. The number of hydrogen-bond acceptors (Lipinski definition) is 3. The van der Waals surface area contributed by atoms with Crippen LogP contribution < -0.4 is 10.6 Å². The summed E-state index contributed by atoms with van der Waals surface area (Å²) in [5.74, 6) is -0.00625. The van der Waals surface area contributed by atoms with Gasteiger partial charge in [0.2, 0.25) is 5.91 Å². The van der Waals surface area contributed by atoms with Gasteiger partial charge in [0, 0.05) is 18.4 Å². The van der Waals surface area contributed by atoms with E-state index in [0.717, 1.165) is 11.4 Å². The van der Waals surface area contributed by atoms with E-state index in [4.69, 9.17) is 0 Å². The second-order valence-corrected chi connectivity index (χ2v) is 3.62. The number of hydrogen-bond donors (Lipinski definition) is 2. The van der Waals surface area contributed by atoms with Gasteiger partial charge in [0.25, 0.3) is 0 Å². The van der Waals surface area contributed by atoms with Crippen molar-refractivity contribution in [1.29, 1.82) is 0 Å². The summed E-state index contributed by atoms with van der Waals surface area (Å²) in [5, 5.41) is 5.85. The summed E-state index contributed by atoms with van der Waals surface area (Å²) < 4.78 is 0. The summed E-state index contributed by atoms with van der Waals surface area (Å²) in [4.78, 5) is 13.3. The van der Waals surface area contributed by atoms with Crippen molar-refractivity contribution >= 4 is 17.3 Å². The third kappa shape index (κ3) is 3.99. The van der Waals surface area contributed by atoms with Crippen LogP contribution in [0.15, 0.2) is 24.3 Å². The molecule has 4 heteroatoms. The summed E-state index contributed by atoms with van der Waals surface area (Å²) in [6.45, 7) is 0.393. The van der Waals surface area contributed by atoms with Crippen molar-refractivity contribution in [3.63, 3.8) is 0 Å². The Morgan fingerprint density at radius 2 is 2.00 bits per heavy atom. The van der Waals surface area contributed by atoms with Crippen LogP contribution in [0.1, 0.15) is 0 Å². The van der Waals surface area contributed by atoms with Gasteiger partial charge in [-0.05, 0) is 32.3 Å². The number of carbonyl (C=O) groups is 1. The fourth-order valence-electron chi connectivity index (χ4n) is 1.24. The van der Waals surface area contributed by atoms with Gasteiger partial charge in [0.1, 0.15) is 0 Å². The molecule has 0 radical (unpaired) electrons. The Hall–Kier alpha value is -1.55. The van der Waals surface area contributed by atoms with E-state index in [2.05, 4.69) is 10.6 Å². The first-order valence-electron chi connectivity index (χ1n) is 4.84. The number of rotatable bonds is 4. The zero-order chi connectivity index (χ0) is 11.3. The lowest BCUT2D eigenvalue weighted by Crippen LogP contribution is -2.27. The topological polar surface area (TPSA) is 44.4 Å². The monoisotopic (exact) mass is 207 g/mol. The minimum absolute atomic E-state index is 0.00625. The van der Waals surface area contributed by atoms with E-state index in [1.165, 1.54) is 0 Å². The second kappa shape index (κ2) is 5.36. The zero-order valence-electron chi connectivity index (χ0n) is 9.37. The van der Waals surface area contributed by atoms with Crippen molar-refractivity contribution in [2.45, 2.75) is 0 Å². The molecule has 0 fully saturated rings. The quantitative estimate of drug-likeness (QED) is 0.780. The first-order chi connectivity index (χ1) is 7.11. The molecular weight excluding hydrogens is 190 g/mol. The van der Waals surface area contributed by atoms with E-state index in [0.29, 0.717) is 6.54 Å². The maximum atomic E-state index is 11.4. The van der Waals surface area contributed by atoms with Crippen LogP contribution in [-0.4, -0.2) is 38.5 Å². The second-order valence-electron chi connectivity index (χ2n) is 3.62. The Morgan fingerprint density at radius 3 is 2.60 bits per heavy atom. The fourth-order valence-corrected chi connectivity index (χ4v) is 1.24. The van der Waals surface area contributed by atoms with Crippen molar-refractivity contribution in [2.75, 3.05) is 38.3 Å². The van der Waals surface area contributed by atoms with Crippen molar-refractivity contribution in [3.05, 3.63) is 24.3 Å². The van der Waals surface area contributed by atoms with Crippen molar-refractivity contribution in [1.82, 2.24) is 4.90 Å². The maximum Gasteiger partial charge on any atom is 0.238 e. The Labute approximate surface area is 90.3 Å². The predicted molar refractivity (Wildman–Crippen MR) is 63.2 cm³/mol. The Bertz CT molecular complexity index is 336. The van der Waals surface area contributed by atoms with Crippen LogP contribution in [0, 0.1) is 0 Å². The number of nitrogens with one attached hydrogen (secondary N) is 2. The lowest BCUT2D eigenvalue weighted by molar-refractivity contribution is -0.116. The van der Waals surface area contributed by atoms with E-state index in [-0.39, 0.29) is 5.91 Å². The van der Waals surface area contributed by atoms with Crippen LogP contribution in [0.2, 0.25) is 0 Å². The normalized spacial score (nSPS) is 10.1. The molecule has 0 aromatic heterocycles. The van der Waals surface area contributed by atoms with Crippen LogP contribution in [0.4, 0.5) is 11.4 Å². The maximum absolute atomic E-state index is 11.4. The van der Waals surface area contributed by atoms with Gasteiger partial charge in [0.15, 0.2) is 0 Å². The number of benzene rings is 1. The third-order valence-corrected chi connectivity index (χ3v) is 1.89. The summed E-state index contributed by atoms with van der Waals surface area (Å²) in [6, 6.07) is 7.61. The van der Waals surface area contributed by atoms with Gasteiger partial charge in [0.05, 0.1) is 6.54 Å². The van der Waals surface area contributed by atoms with E-state index in [1.807, 2.05) is 50.3 Å². The average Bonchev–Trinajstić information content (AvgIpc) is 2.16. The minimum atomic E-state index is -0.00625. The van der Waals surface area contributed by atoms with Crippen LogP contribution >= 0.6 is 0 Å². The minimum Gasteiger partial charge on any atom is -0.388 e. The number of likely N-dealkylation sites (N-methyl/N-ethyl adjacent to an activating group) is 1. The van der Waals surface area contributed by atoms with Crippen LogP contribution in [-0.2, 0) is 4.79 Å². The van der Waals surface area contributed by atoms with Crippen LogP contribution in [0.25, 0.3) is 0 Å². The summed E-state index contributed by atoms with van der Waals surface area (Å²) in [5.41, 5.74) is 1.80. The third-order valence-electron chi connectivity index (χ3n) is 1.89. The lowest BCUT2D eigenvalue weighted by atomic mass is 10.3. The first-order valence-corrected chi connectivity index (χ1v) is 4.84. The number of carbonyl (C=O) groups excluding carboxylic acids is 1. The lowest BCUT2D eigenvalue weighted by Gasteiger charge is -2.10. The fraction of sp³-hybridized carbons (Fsp3) is 0.364. The highest BCUT2D eigenvalue weighted by Crippen LogP contribution is 2.13. The van der Waals surface area contributed by atoms with E-state index in [9.17, 15) is 4.79 Å².